The lowest BCUT2D eigenvalue weighted by atomic mass is 10.1. The number of amides is 2. The minimum atomic E-state index is -0.113. The van der Waals surface area contributed by atoms with Gasteiger partial charge in [0, 0.05) is 48.7 Å². The molecule has 0 bridgehead atoms. The number of carbonyl (C=O) groups is 2. The van der Waals surface area contributed by atoms with Gasteiger partial charge in [0.1, 0.15) is 11.2 Å². The van der Waals surface area contributed by atoms with Gasteiger partial charge in [0.25, 0.3) is 5.91 Å². The van der Waals surface area contributed by atoms with Gasteiger partial charge in [-0.1, -0.05) is 0 Å². The van der Waals surface area contributed by atoms with E-state index in [1.165, 1.54) is 0 Å². The lowest BCUT2D eigenvalue weighted by Crippen LogP contribution is -2.30. The van der Waals surface area contributed by atoms with Crippen molar-refractivity contribution in [3.63, 3.8) is 0 Å². The smallest absolute Gasteiger partial charge is 0.257 e. The Morgan fingerprint density at radius 1 is 1.03 bits per heavy atom. The third kappa shape index (κ3) is 4.18. The third-order valence-corrected chi connectivity index (χ3v) is 6.60. The van der Waals surface area contributed by atoms with Gasteiger partial charge in [-0.05, 0) is 38.8 Å². The summed E-state index contributed by atoms with van der Waals surface area (Å²) in [5.41, 5.74) is 5.10. The summed E-state index contributed by atoms with van der Waals surface area (Å²) >= 11 is 0. The number of imidazole rings is 1. The Bertz CT molecular complexity index is 1650. The number of anilines is 1. The van der Waals surface area contributed by atoms with Crippen LogP contribution in [0.15, 0.2) is 43.1 Å². The maximum absolute atomic E-state index is 13.0. The van der Waals surface area contributed by atoms with Crippen molar-refractivity contribution in [3.8, 4) is 22.6 Å². The van der Waals surface area contributed by atoms with E-state index in [0.29, 0.717) is 52.5 Å². The minimum Gasteiger partial charge on any atom is -0.339 e. The molecule has 0 aliphatic heterocycles. The monoisotopic (exact) mass is 495 g/mol. The van der Waals surface area contributed by atoms with E-state index in [9.17, 15) is 9.59 Å². The highest BCUT2D eigenvalue weighted by molar-refractivity contribution is 6.05. The molecule has 6 rings (SSSR count). The summed E-state index contributed by atoms with van der Waals surface area (Å²) in [6, 6.07) is 3.84. The quantitative estimate of drug-likeness (QED) is 0.311. The molecular weight excluding hydrogens is 470 g/mol. The summed E-state index contributed by atoms with van der Waals surface area (Å²) in [7, 11) is 0. The van der Waals surface area contributed by atoms with Crippen LogP contribution >= 0.6 is 0 Å². The zero-order valence-corrected chi connectivity index (χ0v) is 20.4. The average molecular weight is 496 g/mol. The topological polar surface area (TPSA) is 145 Å². The van der Waals surface area contributed by atoms with Gasteiger partial charge in [-0.2, -0.15) is 5.10 Å². The molecule has 5 aromatic heterocycles. The first-order valence-electron chi connectivity index (χ1n) is 12.3. The number of fused-ring (bicyclic) bond motifs is 2. The first-order valence-corrected chi connectivity index (χ1v) is 12.3. The van der Waals surface area contributed by atoms with Crippen molar-refractivity contribution >= 4 is 39.6 Å². The van der Waals surface area contributed by atoms with E-state index in [-0.39, 0.29) is 17.7 Å². The highest BCUT2D eigenvalue weighted by atomic mass is 16.2. The first-order chi connectivity index (χ1) is 18.1. The summed E-state index contributed by atoms with van der Waals surface area (Å²) < 4.78 is 0. The van der Waals surface area contributed by atoms with Crippen LogP contribution in [0.5, 0.6) is 0 Å². The number of pyridine rings is 3. The maximum Gasteiger partial charge on any atom is 0.257 e. The van der Waals surface area contributed by atoms with E-state index >= 15 is 0 Å². The minimum absolute atomic E-state index is 0.0304. The first kappa shape index (κ1) is 22.8. The van der Waals surface area contributed by atoms with Gasteiger partial charge >= 0.3 is 0 Å². The predicted octanol–water partition coefficient (Wildman–Crippen LogP) is 3.79. The number of nitrogens with zero attached hydrogens (tertiary/aromatic N) is 6. The Kier molecular flexibility index (Phi) is 5.59. The Hall–Kier alpha value is -4.67. The molecule has 0 radical (unpaired) electrons. The molecule has 1 aliphatic carbocycles. The molecule has 0 unspecified atom stereocenters. The zero-order valence-electron chi connectivity index (χ0n) is 20.4. The molecular formula is C26H25N9O2. The second kappa shape index (κ2) is 9.08. The second-order valence-corrected chi connectivity index (χ2v) is 9.06. The molecule has 0 spiro atoms. The molecule has 186 valence electrons. The van der Waals surface area contributed by atoms with Crippen molar-refractivity contribution in [2.75, 3.05) is 18.4 Å². The number of carbonyl (C=O) groups excluding carboxylic acids is 2. The van der Waals surface area contributed by atoms with Crippen molar-refractivity contribution in [2.24, 2.45) is 5.92 Å². The molecule has 11 nitrogen and oxygen atoms in total. The third-order valence-electron chi connectivity index (χ3n) is 6.60. The number of nitrogens with one attached hydrogen (secondary N) is 3. The van der Waals surface area contributed by atoms with Gasteiger partial charge in [0.05, 0.1) is 34.5 Å². The fourth-order valence-electron chi connectivity index (χ4n) is 4.38. The van der Waals surface area contributed by atoms with Crippen LogP contribution in [0.1, 0.15) is 37.0 Å². The number of aromatic nitrogens is 7. The van der Waals surface area contributed by atoms with E-state index in [4.69, 9.17) is 4.98 Å². The second-order valence-electron chi connectivity index (χ2n) is 9.06. The van der Waals surface area contributed by atoms with Crippen molar-refractivity contribution in [3.05, 3.63) is 48.7 Å². The molecule has 1 aliphatic rings. The van der Waals surface area contributed by atoms with E-state index in [2.05, 4.69) is 35.5 Å². The lowest BCUT2D eigenvalue weighted by molar-refractivity contribution is -0.117. The Morgan fingerprint density at radius 2 is 1.81 bits per heavy atom. The van der Waals surface area contributed by atoms with Crippen molar-refractivity contribution in [2.45, 2.75) is 26.7 Å². The summed E-state index contributed by atoms with van der Waals surface area (Å²) in [5, 5.41) is 11.1. The SMILES string of the molecule is CCN(CC)C(=O)c1cncc2[nH]c(-c3n[nH]c4ncc(-c5cncc(NC(=O)C6CC6)c5)cc34)nc12. The molecule has 11 heteroatoms. The van der Waals surface area contributed by atoms with Crippen LogP contribution in [0.2, 0.25) is 0 Å². The number of rotatable bonds is 7. The molecule has 3 N–H and O–H groups in total. The van der Waals surface area contributed by atoms with E-state index in [1.54, 1.807) is 35.9 Å². The maximum atomic E-state index is 13.0. The molecule has 5 aromatic rings. The van der Waals surface area contributed by atoms with Gasteiger partial charge in [0.2, 0.25) is 5.91 Å². The van der Waals surface area contributed by atoms with Gasteiger partial charge in [-0.25, -0.2) is 9.97 Å². The molecule has 0 atom stereocenters. The number of hydrogen-bond donors (Lipinski definition) is 3. The number of H-pyrrole nitrogens is 2. The molecule has 1 saturated carbocycles. The van der Waals surface area contributed by atoms with Gasteiger partial charge in [0.15, 0.2) is 11.5 Å². The van der Waals surface area contributed by atoms with E-state index < -0.39 is 0 Å². The number of aromatic amines is 2. The predicted molar refractivity (Wildman–Crippen MR) is 139 cm³/mol. The average Bonchev–Trinajstić information content (AvgIpc) is 3.55. The molecule has 1 fully saturated rings. The Balaban J connectivity index is 1.38. The van der Waals surface area contributed by atoms with Crippen LogP contribution in [0.3, 0.4) is 0 Å². The van der Waals surface area contributed by atoms with E-state index in [0.717, 1.165) is 29.4 Å². The van der Waals surface area contributed by atoms with Crippen LogP contribution in [-0.4, -0.2) is 64.9 Å². The van der Waals surface area contributed by atoms with Gasteiger partial charge in [-0.15, -0.1) is 0 Å². The van der Waals surface area contributed by atoms with Crippen LogP contribution in [0, 0.1) is 5.92 Å². The van der Waals surface area contributed by atoms with Gasteiger partial charge in [-0.3, -0.25) is 24.7 Å². The highest BCUT2D eigenvalue weighted by Crippen LogP contribution is 2.32. The summed E-state index contributed by atoms with van der Waals surface area (Å²) in [5.74, 6) is 0.531. The van der Waals surface area contributed by atoms with Crippen LogP contribution in [0.25, 0.3) is 44.7 Å². The molecule has 2 amide bonds. The largest absolute Gasteiger partial charge is 0.339 e. The van der Waals surface area contributed by atoms with Crippen LogP contribution < -0.4 is 5.32 Å². The molecule has 0 aromatic carbocycles. The lowest BCUT2D eigenvalue weighted by Gasteiger charge is -2.18. The highest BCUT2D eigenvalue weighted by Gasteiger charge is 2.29. The van der Waals surface area contributed by atoms with Crippen molar-refractivity contribution < 1.29 is 9.59 Å². The van der Waals surface area contributed by atoms with Gasteiger partial charge < -0.3 is 15.2 Å². The Labute approximate surface area is 211 Å². The molecule has 5 heterocycles. The fraction of sp³-hybridized carbons (Fsp3) is 0.269. The summed E-state index contributed by atoms with van der Waals surface area (Å²) in [6.07, 6.45) is 10.2. The fourth-order valence-corrected chi connectivity index (χ4v) is 4.38. The van der Waals surface area contributed by atoms with Crippen molar-refractivity contribution in [1.82, 2.24) is 40.0 Å². The number of hydrogen-bond acceptors (Lipinski definition) is 7. The molecule has 37 heavy (non-hydrogen) atoms. The standard InChI is InChI=1S/C26H25N9O2/c1-3-35(4-2)26(37)19-12-28-13-20-21(19)32-24(31-20)22-18-8-16(10-29-23(18)34-33-22)15-7-17(11-27-9-15)30-25(36)14-5-6-14/h7-14H,3-6H2,1-2H3,(H,30,36)(H,31,32)(H,29,33,34). The van der Waals surface area contributed by atoms with E-state index in [1.807, 2.05) is 26.0 Å². The Morgan fingerprint density at radius 3 is 2.59 bits per heavy atom. The van der Waals surface area contributed by atoms with Crippen LogP contribution in [-0.2, 0) is 4.79 Å². The summed E-state index contributed by atoms with van der Waals surface area (Å²) in [6.45, 7) is 5.08. The normalized spacial score (nSPS) is 13.2. The van der Waals surface area contributed by atoms with Crippen LogP contribution in [0.4, 0.5) is 5.69 Å². The summed E-state index contributed by atoms with van der Waals surface area (Å²) in [4.78, 5) is 48.0. The molecule has 0 saturated heterocycles. The van der Waals surface area contributed by atoms with Crippen molar-refractivity contribution in [1.29, 1.82) is 0 Å². The zero-order chi connectivity index (χ0) is 25.5.